The second-order valence-corrected chi connectivity index (χ2v) is 7.44. The molecule has 1 unspecified atom stereocenters. The zero-order chi connectivity index (χ0) is 19.1. The summed E-state index contributed by atoms with van der Waals surface area (Å²) in [5, 5.41) is 9.14. The van der Waals surface area contributed by atoms with Gasteiger partial charge in [-0.3, -0.25) is 8.37 Å². The van der Waals surface area contributed by atoms with Crippen molar-refractivity contribution in [2.24, 2.45) is 10.2 Å². The van der Waals surface area contributed by atoms with Crippen molar-refractivity contribution in [1.82, 2.24) is 4.98 Å². The number of thiazole rings is 1. The summed E-state index contributed by atoms with van der Waals surface area (Å²) in [6.07, 6.45) is 0. The molecular formula is C18H20N4O3S2. The van der Waals surface area contributed by atoms with Crippen LogP contribution in [-0.2, 0) is 19.7 Å². The van der Waals surface area contributed by atoms with Crippen LogP contribution in [0.1, 0.15) is 6.92 Å². The van der Waals surface area contributed by atoms with Gasteiger partial charge in [0.25, 0.3) is 0 Å². The van der Waals surface area contributed by atoms with E-state index in [1.165, 1.54) is 18.4 Å². The second kappa shape index (κ2) is 9.65. The highest BCUT2D eigenvalue weighted by Crippen LogP contribution is 2.29. The molecule has 0 saturated heterocycles. The van der Waals surface area contributed by atoms with Crippen LogP contribution in [0.2, 0.25) is 0 Å². The molecule has 3 aromatic rings. The maximum atomic E-state index is 11.1. The van der Waals surface area contributed by atoms with Gasteiger partial charge >= 0.3 is 11.4 Å². The molecule has 7 nitrogen and oxygen atoms in total. The molecular weight excluding hydrogens is 384 g/mol. The van der Waals surface area contributed by atoms with Crippen LogP contribution < -0.4 is 4.90 Å². The second-order valence-electron chi connectivity index (χ2n) is 5.45. The van der Waals surface area contributed by atoms with E-state index in [9.17, 15) is 4.21 Å². The Morgan fingerprint density at radius 3 is 2.63 bits per heavy atom. The van der Waals surface area contributed by atoms with Gasteiger partial charge in [-0.1, -0.05) is 23.5 Å². The first-order valence-electron chi connectivity index (χ1n) is 8.41. The number of azo groups is 1. The molecule has 1 heterocycles. The van der Waals surface area contributed by atoms with Crippen molar-refractivity contribution in [3.05, 3.63) is 48.5 Å². The van der Waals surface area contributed by atoms with Crippen molar-refractivity contribution in [3.8, 4) is 0 Å². The number of likely N-dealkylation sites (N-methyl/N-ethyl adjacent to an activating group) is 1. The van der Waals surface area contributed by atoms with Crippen LogP contribution in [0.4, 0.5) is 16.5 Å². The van der Waals surface area contributed by atoms with E-state index in [1.807, 2.05) is 55.5 Å². The monoisotopic (exact) mass is 404 g/mol. The van der Waals surface area contributed by atoms with Crippen LogP contribution in [0, 0.1) is 0 Å². The average Bonchev–Trinajstić information content (AvgIpc) is 3.13. The Morgan fingerprint density at radius 1 is 1.15 bits per heavy atom. The summed E-state index contributed by atoms with van der Waals surface area (Å²) in [5.41, 5.74) is 2.72. The highest BCUT2D eigenvalue weighted by atomic mass is 32.2. The zero-order valence-corrected chi connectivity index (χ0v) is 16.7. The van der Waals surface area contributed by atoms with Gasteiger partial charge in [0, 0.05) is 18.8 Å². The number of anilines is 1. The maximum absolute atomic E-state index is 11.1. The van der Waals surface area contributed by atoms with E-state index >= 15 is 0 Å². The molecule has 0 fully saturated rings. The Hall–Kier alpha value is -2.20. The number of para-hydroxylation sites is 1. The summed E-state index contributed by atoms with van der Waals surface area (Å²) in [5.74, 6) is 0. The lowest BCUT2D eigenvalue weighted by Crippen LogP contribution is -2.27. The molecule has 0 radical (unpaired) electrons. The highest BCUT2D eigenvalue weighted by Gasteiger charge is 2.06. The topological polar surface area (TPSA) is 76.4 Å². The van der Waals surface area contributed by atoms with Gasteiger partial charge in [0.05, 0.1) is 29.6 Å². The summed E-state index contributed by atoms with van der Waals surface area (Å²) in [6, 6.07) is 15.7. The molecule has 0 bridgehead atoms. The van der Waals surface area contributed by atoms with Gasteiger partial charge in [-0.2, -0.15) is 4.21 Å². The van der Waals surface area contributed by atoms with Crippen LogP contribution in [0.25, 0.3) is 10.2 Å². The van der Waals surface area contributed by atoms with Crippen molar-refractivity contribution in [2.45, 2.75) is 6.92 Å². The predicted octanol–water partition coefficient (Wildman–Crippen LogP) is 4.78. The van der Waals surface area contributed by atoms with Crippen LogP contribution in [0.5, 0.6) is 0 Å². The van der Waals surface area contributed by atoms with Crippen molar-refractivity contribution in [1.29, 1.82) is 0 Å². The van der Waals surface area contributed by atoms with Gasteiger partial charge < -0.3 is 4.90 Å². The van der Waals surface area contributed by atoms with Crippen molar-refractivity contribution in [2.75, 3.05) is 31.7 Å². The Morgan fingerprint density at radius 2 is 1.93 bits per heavy atom. The number of hydrogen-bond acceptors (Lipinski definition) is 8. The Kier molecular flexibility index (Phi) is 6.99. The lowest BCUT2D eigenvalue weighted by molar-refractivity contribution is 0.287. The van der Waals surface area contributed by atoms with E-state index in [-0.39, 0.29) is 0 Å². The fraction of sp³-hybridized carbons (Fsp3) is 0.278. The molecule has 142 valence electrons. The summed E-state index contributed by atoms with van der Waals surface area (Å²) in [4.78, 5) is 6.56. The third kappa shape index (κ3) is 5.39. The number of rotatable bonds is 9. The minimum Gasteiger partial charge on any atom is -0.369 e. The molecule has 1 aromatic heterocycles. The third-order valence-corrected chi connectivity index (χ3v) is 5.36. The number of benzene rings is 2. The zero-order valence-electron chi connectivity index (χ0n) is 15.1. The largest absolute Gasteiger partial charge is 0.369 e. The lowest BCUT2D eigenvalue weighted by Gasteiger charge is -2.22. The molecule has 9 heteroatoms. The van der Waals surface area contributed by atoms with E-state index in [0.29, 0.717) is 18.3 Å². The summed E-state index contributed by atoms with van der Waals surface area (Å²) in [7, 11) is 1.34. The third-order valence-electron chi connectivity index (χ3n) is 3.81. The summed E-state index contributed by atoms with van der Waals surface area (Å²) >= 11 is -0.179. The van der Waals surface area contributed by atoms with Crippen molar-refractivity contribution >= 4 is 49.4 Å². The Bertz CT molecular complexity index is 895. The molecule has 0 N–H and O–H groups in total. The molecule has 0 saturated carbocycles. The number of aromatic nitrogens is 1. The SMILES string of the molecule is CCN(CCOS(=O)OC)c1ccc(N=Nc2nc3ccccc3s2)cc1. The molecule has 1 atom stereocenters. The normalized spacial score (nSPS) is 12.7. The van der Waals surface area contributed by atoms with E-state index in [2.05, 4.69) is 24.3 Å². The molecule has 0 spiro atoms. The highest BCUT2D eigenvalue weighted by molar-refractivity contribution is 7.75. The quantitative estimate of drug-likeness (QED) is 0.480. The van der Waals surface area contributed by atoms with Gasteiger partial charge in [0.2, 0.25) is 5.13 Å². The fourth-order valence-electron chi connectivity index (χ4n) is 2.47. The van der Waals surface area contributed by atoms with Gasteiger partial charge in [-0.05, 0) is 43.3 Å². The first-order valence-corrected chi connectivity index (χ1v) is 10.2. The Labute approximate surface area is 164 Å². The van der Waals surface area contributed by atoms with Crippen LogP contribution >= 0.6 is 11.3 Å². The van der Waals surface area contributed by atoms with Gasteiger partial charge in [-0.15, -0.1) is 10.2 Å². The Balaban J connectivity index is 1.62. The van der Waals surface area contributed by atoms with Gasteiger partial charge in [0.15, 0.2) is 0 Å². The number of nitrogens with zero attached hydrogens (tertiary/aromatic N) is 4. The average molecular weight is 405 g/mol. The van der Waals surface area contributed by atoms with E-state index in [1.54, 1.807) is 0 Å². The number of fused-ring (bicyclic) bond motifs is 1. The fourth-order valence-corrected chi connectivity index (χ4v) is 3.56. The summed E-state index contributed by atoms with van der Waals surface area (Å²) in [6.45, 7) is 3.77. The molecule has 0 aliphatic carbocycles. The molecule has 0 amide bonds. The summed E-state index contributed by atoms with van der Waals surface area (Å²) < 4.78 is 21.8. The predicted molar refractivity (Wildman–Crippen MR) is 109 cm³/mol. The standard InChI is InChI=1S/C18H20N4O3S2/c1-3-22(12-13-25-27(23)24-2)15-10-8-14(9-11-15)20-21-18-19-16-6-4-5-7-17(16)26-18/h4-11H,3,12-13H2,1-2H3. The van der Waals surface area contributed by atoms with Crippen LogP contribution in [0.3, 0.4) is 0 Å². The van der Waals surface area contributed by atoms with E-state index < -0.39 is 11.4 Å². The van der Waals surface area contributed by atoms with Gasteiger partial charge in [-0.25, -0.2) is 4.98 Å². The molecule has 2 aromatic carbocycles. The van der Waals surface area contributed by atoms with E-state index in [0.717, 1.165) is 28.1 Å². The minimum atomic E-state index is -1.69. The molecule has 27 heavy (non-hydrogen) atoms. The van der Waals surface area contributed by atoms with E-state index in [4.69, 9.17) is 4.18 Å². The van der Waals surface area contributed by atoms with Crippen LogP contribution in [-0.4, -0.2) is 36.0 Å². The minimum absolute atomic E-state index is 0.313. The molecule has 0 aliphatic rings. The maximum Gasteiger partial charge on any atom is 0.304 e. The first kappa shape index (κ1) is 19.6. The molecule has 0 aliphatic heterocycles. The van der Waals surface area contributed by atoms with Crippen molar-refractivity contribution < 1.29 is 12.6 Å². The first-order chi connectivity index (χ1) is 13.2. The van der Waals surface area contributed by atoms with Crippen LogP contribution in [0.15, 0.2) is 58.8 Å². The smallest absolute Gasteiger partial charge is 0.304 e. The number of hydrogen-bond donors (Lipinski definition) is 0. The van der Waals surface area contributed by atoms with Gasteiger partial charge in [0.1, 0.15) is 0 Å². The molecule has 3 rings (SSSR count). The van der Waals surface area contributed by atoms with Crippen molar-refractivity contribution in [3.63, 3.8) is 0 Å². The lowest BCUT2D eigenvalue weighted by atomic mass is 10.2.